The first-order chi connectivity index (χ1) is 6.72. The van der Waals surface area contributed by atoms with E-state index in [4.69, 9.17) is 5.73 Å². The first-order valence-electron chi connectivity index (χ1n) is 5.74. The minimum absolute atomic E-state index is 0.197. The van der Waals surface area contributed by atoms with E-state index in [0.29, 0.717) is 12.5 Å². The second kappa shape index (κ2) is 6.02. The van der Waals surface area contributed by atoms with E-state index >= 15 is 0 Å². The summed E-state index contributed by atoms with van der Waals surface area (Å²) < 4.78 is 0. The van der Waals surface area contributed by atoms with Gasteiger partial charge >= 0.3 is 0 Å². The standard InChI is InChI=1S/C11H22N2O/c1-2-13-11(14)8-5-9-3-6-10(12)7-4-9/h9-10H,2-8,12H2,1H3,(H,13,14). The van der Waals surface area contributed by atoms with Crippen LogP contribution >= 0.6 is 0 Å². The van der Waals surface area contributed by atoms with Crippen LogP contribution < -0.4 is 11.1 Å². The molecule has 0 saturated heterocycles. The molecule has 14 heavy (non-hydrogen) atoms. The Bertz CT molecular complexity index is 174. The lowest BCUT2D eigenvalue weighted by Crippen LogP contribution is -2.28. The molecule has 1 aliphatic rings. The highest BCUT2D eigenvalue weighted by Gasteiger charge is 2.18. The molecule has 0 atom stereocenters. The van der Waals surface area contributed by atoms with Crippen LogP contribution in [-0.4, -0.2) is 18.5 Å². The van der Waals surface area contributed by atoms with Gasteiger partial charge in [0.1, 0.15) is 0 Å². The molecule has 1 aliphatic carbocycles. The minimum Gasteiger partial charge on any atom is -0.356 e. The number of amides is 1. The van der Waals surface area contributed by atoms with Crippen LogP contribution in [0.3, 0.4) is 0 Å². The van der Waals surface area contributed by atoms with Crippen molar-refractivity contribution in [2.24, 2.45) is 11.7 Å². The van der Waals surface area contributed by atoms with Gasteiger partial charge in [0.15, 0.2) is 0 Å². The zero-order valence-electron chi connectivity index (χ0n) is 9.09. The van der Waals surface area contributed by atoms with Gasteiger partial charge in [0, 0.05) is 19.0 Å². The van der Waals surface area contributed by atoms with Gasteiger partial charge in [-0.25, -0.2) is 0 Å². The summed E-state index contributed by atoms with van der Waals surface area (Å²) >= 11 is 0. The maximum atomic E-state index is 11.2. The average Bonchev–Trinajstić information content (AvgIpc) is 2.17. The van der Waals surface area contributed by atoms with Crippen LogP contribution in [0.5, 0.6) is 0 Å². The van der Waals surface area contributed by atoms with Crippen LogP contribution in [0, 0.1) is 5.92 Å². The molecule has 1 fully saturated rings. The Balaban J connectivity index is 2.09. The summed E-state index contributed by atoms with van der Waals surface area (Å²) in [5, 5.41) is 2.83. The third-order valence-corrected chi connectivity index (χ3v) is 3.05. The summed E-state index contributed by atoms with van der Waals surface area (Å²) in [5.41, 5.74) is 5.82. The number of nitrogens with two attached hydrogens (primary N) is 1. The van der Waals surface area contributed by atoms with Gasteiger partial charge in [-0.05, 0) is 44.9 Å². The number of hydrogen-bond donors (Lipinski definition) is 2. The van der Waals surface area contributed by atoms with E-state index in [2.05, 4.69) is 5.32 Å². The van der Waals surface area contributed by atoms with Crippen LogP contribution in [0.1, 0.15) is 45.4 Å². The fourth-order valence-electron chi connectivity index (χ4n) is 2.10. The van der Waals surface area contributed by atoms with E-state index in [1.54, 1.807) is 0 Å². The van der Waals surface area contributed by atoms with Crippen molar-refractivity contribution in [2.75, 3.05) is 6.54 Å². The molecule has 0 aromatic heterocycles. The predicted molar refractivity (Wildman–Crippen MR) is 57.9 cm³/mol. The van der Waals surface area contributed by atoms with Crippen molar-refractivity contribution in [1.29, 1.82) is 0 Å². The van der Waals surface area contributed by atoms with E-state index in [1.165, 1.54) is 12.8 Å². The SMILES string of the molecule is CCNC(=O)CCC1CCC(N)CC1. The summed E-state index contributed by atoms with van der Waals surface area (Å²) in [6.45, 7) is 2.70. The molecule has 3 nitrogen and oxygen atoms in total. The highest BCUT2D eigenvalue weighted by molar-refractivity contribution is 5.75. The van der Waals surface area contributed by atoms with Crippen molar-refractivity contribution < 1.29 is 4.79 Å². The molecule has 0 spiro atoms. The lowest BCUT2D eigenvalue weighted by molar-refractivity contribution is -0.121. The molecule has 1 saturated carbocycles. The lowest BCUT2D eigenvalue weighted by Gasteiger charge is -2.25. The van der Waals surface area contributed by atoms with Crippen molar-refractivity contribution >= 4 is 5.91 Å². The number of nitrogens with one attached hydrogen (secondary N) is 1. The Hall–Kier alpha value is -0.570. The first-order valence-corrected chi connectivity index (χ1v) is 5.74. The van der Waals surface area contributed by atoms with Crippen molar-refractivity contribution in [3.05, 3.63) is 0 Å². The monoisotopic (exact) mass is 198 g/mol. The summed E-state index contributed by atoms with van der Waals surface area (Å²) in [5.74, 6) is 0.930. The third kappa shape index (κ3) is 4.09. The summed E-state index contributed by atoms with van der Waals surface area (Å²) in [6, 6.07) is 0.413. The quantitative estimate of drug-likeness (QED) is 0.718. The van der Waals surface area contributed by atoms with Crippen LogP contribution in [-0.2, 0) is 4.79 Å². The van der Waals surface area contributed by atoms with Crippen LogP contribution in [0.25, 0.3) is 0 Å². The van der Waals surface area contributed by atoms with Gasteiger partial charge in [0.25, 0.3) is 0 Å². The summed E-state index contributed by atoms with van der Waals surface area (Å²) in [6.07, 6.45) is 6.42. The highest BCUT2D eigenvalue weighted by atomic mass is 16.1. The van der Waals surface area contributed by atoms with Gasteiger partial charge in [0.05, 0.1) is 0 Å². The van der Waals surface area contributed by atoms with Gasteiger partial charge in [0.2, 0.25) is 5.91 Å². The van der Waals surface area contributed by atoms with E-state index < -0.39 is 0 Å². The molecule has 0 bridgehead atoms. The molecular formula is C11H22N2O. The molecule has 1 rings (SSSR count). The first kappa shape index (κ1) is 11.5. The molecule has 3 heteroatoms. The van der Waals surface area contributed by atoms with E-state index in [1.807, 2.05) is 6.92 Å². The van der Waals surface area contributed by atoms with E-state index in [9.17, 15) is 4.79 Å². The number of rotatable bonds is 4. The van der Waals surface area contributed by atoms with Crippen molar-refractivity contribution in [3.8, 4) is 0 Å². The molecule has 0 heterocycles. The molecule has 0 aromatic carbocycles. The zero-order valence-corrected chi connectivity index (χ0v) is 9.09. The lowest BCUT2D eigenvalue weighted by atomic mass is 9.84. The van der Waals surface area contributed by atoms with Crippen LogP contribution in [0.15, 0.2) is 0 Å². The van der Waals surface area contributed by atoms with Gasteiger partial charge in [-0.1, -0.05) is 0 Å². The normalized spacial score (nSPS) is 27.3. The Kier molecular flexibility index (Phi) is 4.94. The Morgan fingerprint density at radius 1 is 1.36 bits per heavy atom. The van der Waals surface area contributed by atoms with Crippen molar-refractivity contribution in [2.45, 2.75) is 51.5 Å². The summed E-state index contributed by atoms with van der Waals surface area (Å²) in [7, 11) is 0. The maximum Gasteiger partial charge on any atom is 0.219 e. The smallest absolute Gasteiger partial charge is 0.219 e. The van der Waals surface area contributed by atoms with Gasteiger partial charge in [-0.15, -0.1) is 0 Å². The molecule has 1 amide bonds. The second-order valence-corrected chi connectivity index (χ2v) is 4.27. The van der Waals surface area contributed by atoms with E-state index in [-0.39, 0.29) is 5.91 Å². The van der Waals surface area contributed by atoms with Crippen molar-refractivity contribution in [1.82, 2.24) is 5.32 Å². The fraction of sp³-hybridized carbons (Fsp3) is 0.909. The molecular weight excluding hydrogens is 176 g/mol. The van der Waals surface area contributed by atoms with Crippen LogP contribution in [0.4, 0.5) is 0 Å². The Labute approximate surface area is 86.4 Å². The second-order valence-electron chi connectivity index (χ2n) is 4.27. The van der Waals surface area contributed by atoms with Gasteiger partial charge < -0.3 is 11.1 Å². The number of hydrogen-bond acceptors (Lipinski definition) is 2. The highest BCUT2D eigenvalue weighted by Crippen LogP contribution is 2.26. The summed E-state index contributed by atoms with van der Waals surface area (Å²) in [4.78, 5) is 11.2. The zero-order chi connectivity index (χ0) is 10.4. The topological polar surface area (TPSA) is 55.1 Å². The average molecular weight is 198 g/mol. The number of carbonyl (C=O) groups is 1. The Morgan fingerprint density at radius 3 is 2.57 bits per heavy atom. The molecule has 0 radical (unpaired) electrons. The molecule has 0 aliphatic heterocycles. The third-order valence-electron chi connectivity index (χ3n) is 3.05. The molecule has 82 valence electrons. The largest absolute Gasteiger partial charge is 0.356 e. The van der Waals surface area contributed by atoms with Gasteiger partial charge in [-0.3, -0.25) is 4.79 Å². The van der Waals surface area contributed by atoms with Crippen molar-refractivity contribution in [3.63, 3.8) is 0 Å². The molecule has 0 aromatic rings. The fourth-order valence-corrected chi connectivity index (χ4v) is 2.10. The van der Waals surface area contributed by atoms with Crippen LogP contribution in [0.2, 0.25) is 0 Å². The van der Waals surface area contributed by atoms with E-state index in [0.717, 1.165) is 31.7 Å². The minimum atomic E-state index is 0.197. The molecule has 0 unspecified atom stereocenters. The number of carbonyl (C=O) groups excluding carboxylic acids is 1. The maximum absolute atomic E-state index is 11.2. The Morgan fingerprint density at radius 2 is 2.00 bits per heavy atom. The predicted octanol–water partition coefficient (Wildman–Crippen LogP) is 1.42. The molecule has 3 N–H and O–H groups in total. The van der Waals surface area contributed by atoms with Gasteiger partial charge in [-0.2, -0.15) is 0 Å².